The van der Waals surface area contributed by atoms with Crippen molar-refractivity contribution in [2.45, 2.75) is 25.7 Å². The molecule has 0 fully saturated rings. The molecule has 0 nitrogen and oxygen atoms in total. The van der Waals surface area contributed by atoms with Gasteiger partial charge in [0.1, 0.15) is 0 Å². The van der Waals surface area contributed by atoms with Crippen LogP contribution in [0, 0.1) is 0 Å². The van der Waals surface area contributed by atoms with E-state index in [1.54, 1.807) is 5.57 Å². The molecule has 0 spiro atoms. The van der Waals surface area contributed by atoms with Gasteiger partial charge in [0.15, 0.2) is 0 Å². The Labute approximate surface area is 118 Å². The lowest BCUT2D eigenvalue weighted by atomic mass is 9.91. The molecule has 96 valence electrons. The zero-order valence-electron chi connectivity index (χ0n) is 11.4. The van der Waals surface area contributed by atoms with E-state index >= 15 is 0 Å². The van der Waals surface area contributed by atoms with Crippen LogP contribution >= 0.6 is 0 Å². The fourth-order valence-electron chi connectivity index (χ4n) is 4.09. The molecule has 3 aliphatic rings. The smallest absolute Gasteiger partial charge is 0.00211 e. The monoisotopic (exact) mass is 256 g/mol. The molecular weight excluding hydrogens is 240 g/mol. The van der Waals surface area contributed by atoms with Crippen molar-refractivity contribution < 1.29 is 0 Å². The van der Waals surface area contributed by atoms with Gasteiger partial charge in [-0.2, -0.15) is 0 Å². The lowest BCUT2D eigenvalue weighted by Crippen LogP contribution is -2.15. The number of hydrogen-bond acceptors (Lipinski definition) is 0. The minimum absolute atomic E-state index is 1.16. The van der Waals surface area contributed by atoms with Crippen molar-refractivity contribution in [3.8, 4) is 0 Å². The van der Waals surface area contributed by atoms with Crippen LogP contribution in [-0.2, 0) is 6.42 Å². The van der Waals surface area contributed by atoms with Crippen LogP contribution < -0.4 is 10.4 Å². The van der Waals surface area contributed by atoms with Gasteiger partial charge in [-0.15, -0.1) is 0 Å². The molecule has 0 bridgehead atoms. The first-order valence-corrected chi connectivity index (χ1v) is 7.59. The summed E-state index contributed by atoms with van der Waals surface area (Å²) in [6.07, 6.45) is 13.9. The molecule has 0 N–H and O–H groups in total. The van der Waals surface area contributed by atoms with Gasteiger partial charge in [0, 0.05) is 0 Å². The summed E-state index contributed by atoms with van der Waals surface area (Å²) in [6.45, 7) is 0. The van der Waals surface area contributed by atoms with Crippen molar-refractivity contribution in [2.75, 3.05) is 0 Å². The Hall–Kier alpha value is -2.08. The molecule has 0 heterocycles. The van der Waals surface area contributed by atoms with Gasteiger partial charge >= 0.3 is 0 Å². The number of aryl methyl sites for hydroxylation is 1. The largest absolute Gasteiger partial charge is 0.0842 e. The quantitative estimate of drug-likeness (QED) is 0.677. The standard InChI is InChI=1S/C20H16/c1-2-7-15-16(8-3-1)18-12-10-14-6-4-5-13-9-11-17(15)20(18)19(13)14/h1-2,6-7,9-12H,3-5,8H2. The summed E-state index contributed by atoms with van der Waals surface area (Å²) in [4.78, 5) is 0. The highest BCUT2D eigenvalue weighted by molar-refractivity contribution is 6.14. The fraction of sp³-hybridized carbons (Fsp3) is 0.200. The number of allylic oxidation sites excluding steroid dienone is 4. The average Bonchev–Trinajstić information content (AvgIpc) is 2.64. The highest BCUT2D eigenvalue weighted by Crippen LogP contribution is 2.38. The highest BCUT2D eigenvalue weighted by Gasteiger charge is 2.22. The van der Waals surface area contributed by atoms with Gasteiger partial charge in [-0.05, 0) is 69.2 Å². The van der Waals surface area contributed by atoms with Crippen LogP contribution in [0.5, 0.6) is 0 Å². The number of hydrogen-bond donors (Lipinski definition) is 0. The Morgan fingerprint density at radius 2 is 1.85 bits per heavy atom. The van der Waals surface area contributed by atoms with E-state index in [1.807, 2.05) is 0 Å². The third-order valence-corrected chi connectivity index (χ3v) is 4.96. The van der Waals surface area contributed by atoms with E-state index in [0.717, 1.165) is 6.42 Å². The summed E-state index contributed by atoms with van der Waals surface area (Å²) in [5.74, 6) is 0. The van der Waals surface area contributed by atoms with Crippen molar-refractivity contribution in [2.24, 2.45) is 0 Å². The van der Waals surface area contributed by atoms with Gasteiger partial charge < -0.3 is 0 Å². The van der Waals surface area contributed by atoms with Gasteiger partial charge in [0.25, 0.3) is 0 Å². The summed E-state index contributed by atoms with van der Waals surface area (Å²) < 4.78 is 0. The number of rotatable bonds is 0. The van der Waals surface area contributed by atoms with E-state index in [1.165, 1.54) is 57.2 Å². The molecule has 20 heavy (non-hydrogen) atoms. The molecule has 0 aliphatic heterocycles. The summed E-state index contributed by atoms with van der Waals surface area (Å²) >= 11 is 0. The molecule has 0 unspecified atom stereocenters. The van der Waals surface area contributed by atoms with E-state index in [4.69, 9.17) is 0 Å². The Bertz CT molecular complexity index is 936. The maximum atomic E-state index is 2.41. The Balaban J connectivity index is 2.07. The first-order valence-electron chi connectivity index (χ1n) is 7.59. The first kappa shape index (κ1) is 10.7. The van der Waals surface area contributed by atoms with Crippen LogP contribution in [0.15, 0.2) is 42.5 Å². The lowest BCUT2D eigenvalue weighted by molar-refractivity contribution is 1.03. The van der Waals surface area contributed by atoms with Crippen molar-refractivity contribution in [1.29, 1.82) is 0 Å². The third-order valence-electron chi connectivity index (χ3n) is 4.96. The first-order chi connectivity index (χ1) is 9.93. The normalized spacial score (nSPS) is 18.6. The van der Waals surface area contributed by atoms with Crippen LogP contribution in [0.4, 0.5) is 0 Å². The summed E-state index contributed by atoms with van der Waals surface area (Å²) in [5, 5.41) is 5.98. The Kier molecular flexibility index (Phi) is 1.99. The minimum Gasteiger partial charge on any atom is -0.0842 e. The predicted molar refractivity (Wildman–Crippen MR) is 85.7 cm³/mol. The maximum absolute atomic E-state index is 2.41. The Morgan fingerprint density at radius 3 is 2.85 bits per heavy atom. The molecule has 0 saturated carbocycles. The highest BCUT2D eigenvalue weighted by atomic mass is 14.3. The van der Waals surface area contributed by atoms with Crippen molar-refractivity contribution >= 4 is 28.0 Å². The Morgan fingerprint density at radius 1 is 0.850 bits per heavy atom. The van der Waals surface area contributed by atoms with Gasteiger partial charge in [0.2, 0.25) is 0 Å². The van der Waals surface area contributed by atoms with Crippen LogP contribution in [0.3, 0.4) is 0 Å². The van der Waals surface area contributed by atoms with Crippen LogP contribution in [0.2, 0.25) is 0 Å². The van der Waals surface area contributed by atoms with Crippen molar-refractivity contribution in [3.63, 3.8) is 0 Å². The van der Waals surface area contributed by atoms with Crippen LogP contribution in [0.25, 0.3) is 28.0 Å². The molecule has 0 radical (unpaired) electrons. The predicted octanol–water partition coefficient (Wildman–Crippen LogP) is 3.46. The number of benzene rings is 2. The maximum Gasteiger partial charge on any atom is -0.00211 e. The fourth-order valence-corrected chi connectivity index (χ4v) is 4.09. The second kappa shape index (κ2) is 3.73. The van der Waals surface area contributed by atoms with E-state index in [0.29, 0.717) is 0 Å². The molecular formula is C20H16. The van der Waals surface area contributed by atoms with E-state index in [-0.39, 0.29) is 0 Å². The SMILES string of the molecule is C1=CCCC2=c3ccc4c5c(ccc(c35)C2=C1)CCC=4. The second-order valence-corrected chi connectivity index (χ2v) is 5.99. The molecule has 0 atom stereocenters. The second-order valence-electron chi connectivity index (χ2n) is 5.99. The lowest BCUT2D eigenvalue weighted by Gasteiger charge is -2.12. The molecule has 0 heteroatoms. The van der Waals surface area contributed by atoms with Gasteiger partial charge in [-0.1, -0.05) is 48.6 Å². The topological polar surface area (TPSA) is 0 Å². The van der Waals surface area contributed by atoms with Gasteiger partial charge in [-0.25, -0.2) is 0 Å². The third kappa shape index (κ3) is 1.22. The minimum atomic E-state index is 1.16. The van der Waals surface area contributed by atoms with E-state index < -0.39 is 0 Å². The molecule has 3 aliphatic carbocycles. The van der Waals surface area contributed by atoms with Crippen LogP contribution in [0.1, 0.15) is 30.4 Å². The van der Waals surface area contributed by atoms with Crippen molar-refractivity contribution in [3.05, 3.63) is 64.1 Å². The van der Waals surface area contributed by atoms with E-state index in [2.05, 4.69) is 48.6 Å². The average molecular weight is 256 g/mol. The molecule has 0 aromatic heterocycles. The zero-order valence-corrected chi connectivity index (χ0v) is 11.4. The molecule has 0 amide bonds. The molecule has 2 aromatic rings. The van der Waals surface area contributed by atoms with Crippen molar-refractivity contribution in [1.82, 2.24) is 0 Å². The zero-order chi connectivity index (χ0) is 13.1. The summed E-state index contributed by atoms with van der Waals surface area (Å²) in [5.41, 5.74) is 6.01. The number of fused-ring (bicyclic) bond motifs is 2. The summed E-state index contributed by atoms with van der Waals surface area (Å²) in [7, 11) is 0. The molecule has 2 aromatic carbocycles. The van der Waals surface area contributed by atoms with E-state index in [9.17, 15) is 0 Å². The van der Waals surface area contributed by atoms with Gasteiger partial charge in [-0.3, -0.25) is 0 Å². The van der Waals surface area contributed by atoms with Crippen LogP contribution in [-0.4, -0.2) is 0 Å². The molecule has 5 rings (SSSR count). The van der Waals surface area contributed by atoms with Gasteiger partial charge in [0.05, 0.1) is 0 Å². The summed E-state index contributed by atoms with van der Waals surface area (Å²) in [6, 6.07) is 9.40. The molecule has 0 saturated heterocycles.